The molecule has 0 aromatic rings. The molecule has 1 aliphatic heterocycles. The minimum atomic E-state index is -0.613. The third-order valence-corrected chi connectivity index (χ3v) is 2.81. The van der Waals surface area contributed by atoms with Gasteiger partial charge in [-0.25, -0.2) is 4.79 Å². The van der Waals surface area contributed by atoms with Crippen molar-refractivity contribution in [1.82, 2.24) is 4.90 Å². The lowest BCUT2D eigenvalue weighted by atomic mass is 9.81. The molecule has 1 heterocycles. The first-order valence-electron chi connectivity index (χ1n) is 5.53. The second kappa shape index (κ2) is 4.22. The van der Waals surface area contributed by atoms with Gasteiger partial charge in [0, 0.05) is 24.5 Å². The van der Waals surface area contributed by atoms with Gasteiger partial charge in [0.2, 0.25) is 0 Å². The molecule has 0 aromatic heterocycles. The van der Waals surface area contributed by atoms with Gasteiger partial charge in [-0.15, -0.1) is 0 Å². The van der Waals surface area contributed by atoms with Gasteiger partial charge in [0.05, 0.1) is 6.61 Å². The van der Waals surface area contributed by atoms with Gasteiger partial charge in [-0.1, -0.05) is 0 Å². The van der Waals surface area contributed by atoms with Gasteiger partial charge in [-0.2, -0.15) is 0 Å². The first kappa shape index (κ1) is 13.3. The maximum Gasteiger partial charge on any atom is 0.410 e. The standard InChI is InChI=1S/C11H22N2O3/c1-10(2,3)16-9(15)13-5-8(6-13)11(4,12)7-14/h8,14H,5-7,12H2,1-4H3. The molecule has 1 amide bonds. The van der Waals surface area contributed by atoms with Crippen molar-refractivity contribution >= 4 is 6.09 Å². The summed E-state index contributed by atoms with van der Waals surface area (Å²) < 4.78 is 5.22. The number of carbonyl (C=O) groups excluding carboxylic acids is 1. The Hall–Kier alpha value is -0.810. The average Bonchev–Trinajstić information content (AvgIpc) is 1.96. The van der Waals surface area contributed by atoms with Crippen LogP contribution in [0.1, 0.15) is 27.7 Å². The molecule has 94 valence electrons. The summed E-state index contributed by atoms with van der Waals surface area (Å²) in [6.07, 6.45) is -0.308. The maximum atomic E-state index is 11.6. The van der Waals surface area contributed by atoms with E-state index in [0.29, 0.717) is 13.1 Å². The van der Waals surface area contributed by atoms with Crippen molar-refractivity contribution in [3.63, 3.8) is 0 Å². The Labute approximate surface area is 96.6 Å². The van der Waals surface area contributed by atoms with E-state index < -0.39 is 11.1 Å². The van der Waals surface area contributed by atoms with Gasteiger partial charge in [-0.05, 0) is 27.7 Å². The van der Waals surface area contributed by atoms with Crippen LogP contribution in [0.4, 0.5) is 4.79 Å². The Bertz CT molecular complexity index is 265. The molecule has 0 aromatic carbocycles. The molecule has 0 radical (unpaired) electrons. The maximum absolute atomic E-state index is 11.6. The minimum absolute atomic E-state index is 0.0696. The number of nitrogens with two attached hydrogens (primary N) is 1. The first-order valence-corrected chi connectivity index (χ1v) is 5.53. The molecule has 1 saturated heterocycles. The Kier molecular flexibility index (Phi) is 3.50. The third-order valence-electron chi connectivity index (χ3n) is 2.81. The van der Waals surface area contributed by atoms with E-state index in [-0.39, 0.29) is 18.6 Å². The van der Waals surface area contributed by atoms with Crippen molar-refractivity contribution in [2.75, 3.05) is 19.7 Å². The predicted octanol–water partition coefficient (Wildman–Crippen LogP) is 0.563. The lowest BCUT2D eigenvalue weighted by Gasteiger charge is -2.46. The molecular formula is C11H22N2O3. The Morgan fingerprint density at radius 1 is 1.44 bits per heavy atom. The largest absolute Gasteiger partial charge is 0.444 e. The topological polar surface area (TPSA) is 75.8 Å². The van der Waals surface area contributed by atoms with Gasteiger partial charge >= 0.3 is 6.09 Å². The highest BCUT2D eigenvalue weighted by Gasteiger charge is 2.42. The molecular weight excluding hydrogens is 208 g/mol. The fourth-order valence-electron chi connectivity index (χ4n) is 1.50. The minimum Gasteiger partial charge on any atom is -0.444 e. The molecule has 0 saturated carbocycles. The molecule has 1 fully saturated rings. The normalized spacial score (nSPS) is 21.2. The lowest BCUT2D eigenvalue weighted by molar-refractivity contribution is -0.0200. The highest BCUT2D eigenvalue weighted by atomic mass is 16.6. The van der Waals surface area contributed by atoms with E-state index >= 15 is 0 Å². The number of rotatable bonds is 2. The number of likely N-dealkylation sites (tertiary alicyclic amines) is 1. The summed E-state index contributed by atoms with van der Waals surface area (Å²) in [5.41, 5.74) is 4.80. The zero-order valence-electron chi connectivity index (χ0n) is 10.5. The zero-order valence-corrected chi connectivity index (χ0v) is 10.5. The van der Waals surface area contributed by atoms with Crippen LogP contribution in [-0.4, -0.2) is 46.9 Å². The Morgan fingerprint density at radius 2 is 1.94 bits per heavy atom. The predicted molar refractivity (Wildman–Crippen MR) is 61.0 cm³/mol. The molecule has 1 rings (SSSR count). The summed E-state index contributed by atoms with van der Waals surface area (Å²) in [6.45, 7) is 8.35. The highest BCUT2D eigenvalue weighted by Crippen LogP contribution is 2.26. The Balaban J connectivity index is 2.39. The number of carbonyl (C=O) groups is 1. The summed E-state index contributed by atoms with van der Waals surface area (Å²) in [4.78, 5) is 13.2. The Morgan fingerprint density at radius 3 is 2.31 bits per heavy atom. The molecule has 0 spiro atoms. The number of aliphatic hydroxyl groups excluding tert-OH is 1. The molecule has 3 N–H and O–H groups in total. The molecule has 0 bridgehead atoms. The number of amides is 1. The second-order valence-electron chi connectivity index (χ2n) is 5.75. The molecule has 1 aliphatic rings. The average molecular weight is 230 g/mol. The molecule has 1 atom stereocenters. The van der Waals surface area contributed by atoms with Crippen molar-refractivity contribution in [2.24, 2.45) is 11.7 Å². The molecule has 5 nitrogen and oxygen atoms in total. The lowest BCUT2D eigenvalue weighted by Crippen LogP contribution is -2.63. The third kappa shape index (κ3) is 3.09. The van der Waals surface area contributed by atoms with E-state index in [9.17, 15) is 4.79 Å². The van der Waals surface area contributed by atoms with Crippen molar-refractivity contribution in [2.45, 2.75) is 38.8 Å². The van der Waals surface area contributed by atoms with Crippen LogP contribution in [0.2, 0.25) is 0 Å². The fourth-order valence-corrected chi connectivity index (χ4v) is 1.50. The highest BCUT2D eigenvalue weighted by molar-refractivity contribution is 5.69. The number of ether oxygens (including phenoxy) is 1. The molecule has 5 heteroatoms. The van der Waals surface area contributed by atoms with E-state index in [1.165, 1.54) is 0 Å². The van der Waals surface area contributed by atoms with Crippen LogP contribution in [0.15, 0.2) is 0 Å². The van der Waals surface area contributed by atoms with E-state index in [1.54, 1.807) is 11.8 Å². The van der Waals surface area contributed by atoms with E-state index in [0.717, 1.165) is 0 Å². The van der Waals surface area contributed by atoms with Gasteiger partial charge in [-0.3, -0.25) is 0 Å². The smallest absolute Gasteiger partial charge is 0.410 e. The van der Waals surface area contributed by atoms with Crippen LogP contribution in [0.25, 0.3) is 0 Å². The second-order valence-corrected chi connectivity index (χ2v) is 5.75. The first-order chi connectivity index (χ1) is 7.15. The van der Waals surface area contributed by atoms with Crippen molar-refractivity contribution in [1.29, 1.82) is 0 Å². The number of hydrogen-bond donors (Lipinski definition) is 2. The van der Waals surface area contributed by atoms with Crippen LogP contribution < -0.4 is 5.73 Å². The quantitative estimate of drug-likeness (QED) is 0.727. The van der Waals surface area contributed by atoms with Crippen LogP contribution in [0.3, 0.4) is 0 Å². The van der Waals surface area contributed by atoms with E-state index in [2.05, 4.69) is 0 Å². The van der Waals surface area contributed by atoms with E-state index in [1.807, 2.05) is 20.8 Å². The summed E-state index contributed by atoms with van der Waals surface area (Å²) in [5, 5.41) is 9.08. The van der Waals surface area contributed by atoms with E-state index in [4.69, 9.17) is 15.6 Å². The molecule has 1 unspecified atom stereocenters. The summed E-state index contributed by atoms with van der Waals surface area (Å²) in [6, 6.07) is 0. The molecule has 0 aliphatic carbocycles. The van der Waals surface area contributed by atoms with Crippen molar-refractivity contribution in [3.8, 4) is 0 Å². The summed E-state index contributed by atoms with van der Waals surface area (Å²) >= 11 is 0. The van der Waals surface area contributed by atoms with Crippen molar-refractivity contribution in [3.05, 3.63) is 0 Å². The van der Waals surface area contributed by atoms with Crippen LogP contribution in [0.5, 0.6) is 0 Å². The molecule has 16 heavy (non-hydrogen) atoms. The fraction of sp³-hybridized carbons (Fsp3) is 0.909. The summed E-state index contributed by atoms with van der Waals surface area (Å²) in [7, 11) is 0. The van der Waals surface area contributed by atoms with Gasteiger partial charge < -0.3 is 20.5 Å². The number of aliphatic hydroxyl groups is 1. The summed E-state index contributed by atoms with van der Waals surface area (Å²) in [5.74, 6) is 0.144. The number of nitrogens with zero attached hydrogens (tertiary/aromatic N) is 1. The SMILES string of the molecule is CC(C)(C)OC(=O)N1CC(C(C)(N)CO)C1. The van der Waals surface area contributed by atoms with Crippen molar-refractivity contribution < 1.29 is 14.6 Å². The monoisotopic (exact) mass is 230 g/mol. The van der Waals surface area contributed by atoms with Crippen LogP contribution in [0, 0.1) is 5.92 Å². The van der Waals surface area contributed by atoms with Gasteiger partial charge in [0.15, 0.2) is 0 Å². The van der Waals surface area contributed by atoms with Crippen LogP contribution in [-0.2, 0) is 4.74 Å². The number of hydrogen-bond acceptors (Lipinski definition) is 4. The van der Waals surface area contributed by atoms with Gasteiger partial charge in [0.1, 0.15) is 5.60 Å². The zero-order chi connectivity index (χ0) is 12.6. The van der Waals surface area contributed by atoms with Crippen LogP contribution >= 0.6 is 0 Å². The van der Waals surface area contributed by atoms with Gasteiger partial charge in [0.25, 0.3) is 0 Å².